The van der Waals surface area contributed by atoms with Crippen LogP contribution in [0.15, 0.2) is 42.5 Å². The Hall–Kier alpha value is -0.983. The Morgan fingerprint density at radius 1 is 1.15 bits per heavy atom. The minimum absolute atomic E-state index is 0.258. The van der Waals surface area contributed by atoms with Crippen molar-refractivity contribution >= 4 is 14.0 Å². The number of fused-ring (bicyclic) bond motifs is 4. The summed E-state index contributed by atoms with van der Waals surface area (Å²) in [4.78, 5) is 2.47. The summed E-state index contributed by atoms with van der Waals surface area (Å²) in [6, 6.07) is 10.4. The van der Waals surface area contributed by atoms with Gasteiger partial charge in [-0.1, -0.05) is 49.4 Å². The smallest absolute Gasteiger partial charge is 0.369 e. The Morgan fingerprint density at radius 3 is 2.50 bits per heavy atom. The predicted octanol–water partition coefficient (Wildman–Crippen LogP) is 2.96. The normalized spacial score (nSPS) is 40.6. The van der Waals surface area contributed by atoms with Crippen LogP contribution in [0.1, 0.15) is 33.1 Å². The summed E-state index contributed by atoms with van der Waals surface area (Å²) < 4.78 is 20.0. The van der Waals surface area contributed by atoms with Crippen molar-refractivity contribution in [1.29, 1.82) is 0 Å². The van der Waals surface area contributed by atoms with E-state index in [9.17, 15) is 0 Å². The SMILES string of the molecule is C=C(C)[C@@H]1CC[C@@H](C)C[C@@]12CN1CCO[Si](c3ccccc3)(OCC1)O2. The van der Waals surface area contributed by atoms with E-state index in [1.807, 2.05) is 6.07 Å². The lowest BCUT2D eigenvalue weighted by atomic mass is 9.68. The van der Waals surface area contributed by atoms with Gasteiger partial charge in [0.15, 0.2) is 0 Å². The maximum absolute atomic E-state index is 7.10. The third-order valence-electron chi connectivity index (χ3n) is 6.23. The third-order valence-corrected chi connectivity index (χ3v) is 9.11. The molecule has 0 N–H and O–H groups in total. The summed E-state index contributed by atoms with van der Waals surface area (Å²) in [5.41, 5.74) is 0.973. The molecule has 5 heteroatoms. The van der Waals surface area contributed by atoms with Gasteiger partial charge in [0.1, 0.15) is 0 Å². The van der Waals surface area contributed by atoms with Gasteiger partial charge in [-0.15, -0.1) is 0 Å². The fourth-order valence-corrected chi connectivity index (χ4v) is 7.86. The number of nitrogens with zero attached hydrogens (tertiary/aromatic N) is 1. The second-order valence-electron chi connectivity index (χ2n) is 8.35. The summed E-state index contributed by atoms with van der Waals surface area (Å²) in [5.74, 6) is 1.01. The summed E-state index contributed by atoms with van der Waals surface area (Å²) in [6.07, 6.45) is 3.43. The van der Waals surface area contributed by atoms with Crippen LogP contribution in [0.2, 0.25) is 0 Å². The zero-order chi connectivity index (χ0) is 18.2. The quantitative estimate of drug-likeness (QED) is 0.589. The highest BCUT2D eigenvalue weighted by molar-refractivity contribution is 6.75. The van der Waals surface area contributed by atoms with Crippen molar-refractivity contribution in [2.24, 2.45) is 11.8 Å². The van der Waals surface area contributed by atoms with Crippen molar-refractivity contribution in [1.82, 2.24) is 4.90 Å². The van der Waals surface area contributed by atoms with Crippen LogP contribution in [-0.4, -0.2) is 52.2 Å². The number of hydrogen-bond donors (Lipinski definition) is 0. The second kappa shape index (κ2) is 7.21. The molecule has 142 valence electrons. The van der Waals surface area contributed by atoms with E-state index in [4.69, 9.17) is 13.3 Å². The molecule has 0 radical (unpaired) electrons. The highest BCUT2D eigenvalue weighted by atomic mass is 28.4. The van der Waals surface area contributed by atoms with Gasteiger partial charge in [0.25, 0.3) is 0 Å². The molecule has 26 heavy (non-hydrogen) atoms. The molecule has 1 saturated carbocycles. The Balaban J connectivity index is 1.80. The average Bonchev–Trinajstić information content (AvgIpc) is 2.57. The van der Waals surface area contributed by atoms with Gasteiger partial charge >= 0.3 is 8.80 Å². The monoisotopic (exact) mass is 373 g/mol. The lowest BCUT2D eigenvalue weighted by Gasteiger charge is -2.54. The molecule has 5 rings (SSSR count). The molecule has 1 aromatic rings. The molecule has 0 aromatic heterocycles. The second-order valence-corrected chi connectivity index (χ2v) is 10.8. The van der Waals surface area contributed by atoms with Crippen molar-refractivity contribution in [3.05, 3.63) is 42.5 Å². The average molecular weight is 374 g/mol. The molecule has 4 fully saturated rings. The Bertz CT molecular complexity index is 642. The van der Waals surface area contributed by atoms with E-state index in [-0.39, 0.29) is 5.60 Å². The van der Waals surface area contributed by atoms with Crippen LogP contribution in [0.25, 0.3) is 0 Å². The molecule has 4 aliphatic rings. The molecule has 3 atom stereocenters. The Kier molecular flexibility index (Phi) is 5.10. The molecule has 1 aromatic carbocycles. The standard InChI is InChI=1S/C21H31NO3Si/c1-17(2)20-10-9-18(3)15-21(20)16-22-11-13-23-26(25-21,24-14-12-22)19-7-5-4-6-8-19/h4-8,18,20H,1,9-16H2,2-3H3/t18-,20+,21-/m1/s1. The van der Waals surface area contributed by atoms with Crippen molar-refractivity contribution in [3.63, 3.8) is 0 Å². The summed E-state index contributed by atoms with van der Waals surface area (Å²) in [6.45, 7) is 13.0. The van der Waals surface area contributed by atoms with Gasteiger partial charge in [0.05, 0.1) is 18.8 Å². The molecule has 1 aliphatic carbocycles. The van der Waals surface area contributed by atoms with Crippen LogP contribution < -0.4 is 5.19 Å². The van der Waals surface area contributed by atoms with Crippen LogP contribution in [0.4, 0.5) is 0 Å². The van der Waals surface area contributed by atoms with Crippen molar-refractivity contribution in [2.75, 3.05) is 32.8 Å². The first-order valence-electron chi connectivity index (χ1n) is 9.94. The maximum Gasteiger partial charge on any atom is 0.537 e. The van der Waals surface area contributed by atoms with Gasteiger partial charge in [-0.05, 0) is 32.1 Å². The van der Waals surface area contributed by atoms with E-state index in [1.54, 1.807) is 0 Å². The lowest BCUT2D eigenvalue weighted by Crippen LogP contribution is -2.70. The molecule has 3 heterocycles. The van der Waals surface area contributed by atoms with E-state index in [1.165, 1.54) is 12.0 Å². The van der Waals surface area contributed by atoms with E-state index in [0.29, 0.717) is 25.0 Å². The fraction of sp³-hybridized carbons (Fsp3) is 0.619. The molecule has 4 nitrogen and oxygen atoms in total. The molecular formula is C21H31NO3Si. The van der Waals surface area contributed by atoms with E-state index in [2.05, 4.69) is 49.6 Å². The maximum atomic E-state index is 7.10. The van der Waals surface area contributed by atoms with Crippen LogP contribution in [0, 0.1) is 11.8 Å². The summed E-state index contributed by atoms with van der Waals surface area (Å²) in [7, 11) is -2.95. The highest BCUT2D eigenvalue weighted by Crippen LogP contribution is 2.46. The molecular weight excluding hydrogens is 342 g/mol. The van der Waals surface area contributed by atoms with Gasteiger partial charge in [-0.2, -0.15) is 0 Å². The van der Waals surface area contributed by atoms with E-state index in [0.717, 1.165) is 37.7 Å². The van der Waals surface area contributed by atoms with Gasteiger partial charge in [-0.3, -0.25) is 4.90 Å². The Morgan fingerprint density at radius 2 is 1.85 bits per heavy atom. The zero-order valence-electron chi connectivity index (χ0n) is 16.1. The largest absolute Gasteiger partial charge is 0.537 e. The van der Waals surface area contributed by atoms with E-state index < -0.39 is 8.80 Å². The molecule has 2 bridgehead atoms. The van der Waals surface area contributed by atoms with Crippen molar-refractivity contribution in [2.45, 2.75) is 38.7 Å². The van der Waals surface area contributed by atoms with Gasteiger partial charge in [0, 0.05) is 30.7 Å². The first-order chi connectivity index (χ1) is 12.5. The third kappa shape index (κ3) is 3.31. The molecule has 0 unspecified atom stereocenters. The first kappa shape index (κ1) is 18.4. The topological polar surface area (TPSA) is 30.9 Å². The predicted molar refractivity (Wildman–Crippen MR) is 105 cm³/mol. The number of benzene rings is 1. The van der Waals surface area contributed by atoms with Gasteiger partial charge in [0.2, 0.25) is 0 Å². The minimum Gasteiger partial charge on any atom is -0.369 e. The first-order valence-corrected chi connectivity index (χ1v) is 11.7. The van der Waals surface area contributed by atoms with Gasteiger partial charge < -0.3 is 13.3 Å². The summed E-state index contributed by atoms with van der Waals surface area (Å²) in [5, 5.41) is 1.09. The lowest BCUT2D eigenvalue weighted by molar-refractivity contribution is -0.126. The van der Waals surface area contributed by atoms with Crippen molar-refractivity contribution in [3.8, 4) is 0 Å². The number of hydrogen-bond acceptors (Lipinski definition) is 4. The highest BCUT2D eigenvalue weighted by Gasteiger charge is 2.57. The van der Waals surface area contributed by atoms with Crippen LogP contribution in [0.5, 0.6) is 0 Å². The van der Waals surface area contributed by atoms with Crippen LogP contribution >= 0.6 is 0 Å². The molecule has 3 aliphatic heterocycles. The molecule has 3 saturated heterocycles. The Labute approximate surface area is 158 Å². The van der Waals surface area contributed by atoms with Crippen LogP contribution in [-0.2, 0) is 13.3 Å². The van der Waals surface area contributed by atoms with E-state index >= 15 is 0 Å². The van der Waals surface area contributed by atoms with Crippen molar-refractivity contribution < 1.29 is 13.3 Å². The minimum atomic E-state index is -2.95. The van der Waals surface area contributed by atoms with Crippen LogP contribution in [0.3, 0.4) is 0 Å². The summed E-state index contributed by atoms with van der Waals surface area (Å²) >= 11 is 0. The molecule has 0 amide bonds. The molecule has 1 spiro atoms. The zero-order valence-corrected chi connectivity index (χ0v) is 17.1. The fourth-order valence-electron chi connectivity index (χ4n) is 5.07. The van der Waals surface area contributed by atoms with Gasteiger partial charge in [-0.25, -0.2) is 0 Å². The number of rotatable bonds is 2.